The van der Waals surface area contributed by atoms with E-state index in [1.807, 2.05) is 0 Å². The summed E-state index contributed by atoms with van der Waals surface area (Å²) in [5, 5.41) is 10.0. The summed E-state index contributed by atoms with van der Waals surface area (Å²) >= 11 is 0. The Kier molecular flexibility index (Phi) is 1.27. The fourth-order valence-electron chi connectivity index (χ4n) is 4.69. The topological polar surface area (TPSA) is 59.1 Å². The van der Waals surface area contributed by atoms with Gasteiger partial charge in [-0.15, -0.1) is 0 Å². The largest absolute Gasteiger partial charge is 0.469 e. The van der Waals surface area contributed by atoms with Crippen LogP contribution < -0.4 is 0 Å². The summed E-state index contributed by atoms with van der Waals surface area (Å²) in [5.41, 5.74) is -0.0521. The van der Waals surface area contributed by atoms with Crippen LogP contribution in [0.4, 0.5) is 0 Å². The number of fused-ring (bicyclic) bond motifs is 2. The third-order valence-electron chi connectivity index (χ3n) is 5.21. The smallest absolute Gasteiger partial charge is 0.309 e. The molecule has 4 rings (SSSR count). The number of aliphatic hydroxyl groups is 1. The standard InChI is InChI=1S/C11H14O4/c1-14-10(13)6-4-2-3-5(12)11(4)7(6)8-9(11)15-8/h4-9,12H,2-3H2,1H3/t4-,5-,6-,7+,8+,9+,11?/m0/s1. The molecule has 4 aliphatic rings. The van der Waals surface area contributed by atoms with Gasteiger partial charge in [-0.25, -0.2) is 0 Å². The summed E-state index contributed by atoms with van der Waals surface area (Å²) in [7, 11) is 1.44. The number of aliphatic hydroxyl groups excluding tert-OH is 1. The molecule has 15 heavy (non-hydrogen) atoms. The van der Waals surface area contributed by atoms with Gasteiger partial charge >= 0.3 is 5.97 Å². The summed E-state index contributed by atoms with van der Waals surface area (Å²) < 4.78 is 10.4. The van der Waals surface area contributed by atoms with Gasteiger partial charge in [0.2, 0.25) is 0 Å². The SMILES string of the molecule is COC(=O)[C@@H]1[C@@H]2[C@H]3O[C@H]3C23[C@@H](O)CC[C@@H]13. The number of ether oxygens (including phenoxy) is 2. The number of hydrogen-bond donors (Lipinski definition) is 1. The van der Waals surface area contributed by atoms with Crippen LogP contribution in [-0.2, 0) is 14.3 Å². The van der Waals surface area contributed by atoms with Gasteiger partial charge in [0.25, 0.3) is 0 Å². The molecule has 1 unspecified atom stereocenters. The summed E-state index contributed by atoms with van der Waals surface area (Å²) in [6, 6.07) is 0. The van der Waals surface area contributed by atoms with E-state index in [4.69, 9.17) is 9.47 Å². The Balaban J connectivity index is 1.70. The van der Waals surface area contributed by atoms with Gasteiger partial charge in [-0.3, -0.25) is 4.79 Å². The van der Waals surface area contributed by atoms with Crippen molar-refractivity contribution in [2.45, 2.75) is 31.2 Å². The van der Waals surface area contributed by atoms with Crippen LogP contribution in [0.2, 0.25) is 0 Å². The molecule has 0 aromatic carbocycles. The highest BCUT2D eigenvalue weighted by atomic mass is 16.6. The molecule has 1 N–H and O–H groups in total. The highest BCUT2D eigenvalue weighted by Gasteiger charge is 2.89. The maximum atomic E-state index is 11.6. The molecule has 0 bridgehead atoms. The highest BCUT2D eigenvalue weighted by molar-refractivity contribution is 5.76. The Bertz CT molecular complexity index is 346. The molecule has 1 heterocycles. The van der Waals surface area contributed by atoms with Crippen molar-refractivity contribution < 1.29 is 19.4 Å². The zero-order valence-electron chi connectivity index (χ0n) is 8.55. The molecular weight excluding hydrogens is 196 g/mol. The van der Waals surface area contributed by atoms with Crippen LogP contribution in [0.5, 0.6) is 0 Å². The Labute approximate surface area is 87.5 Å². The normalized spacial score (nSPS) is 63.1. The number of carbonyl (C=O) groups excluding carboxylic acids is 1. The maximum absolute atomic E-state index is 11.6. The Morgan fingerprint density at radius 2 is 2.33 bits per heavy atom. The van der Waals surface area contributed by atoms with Crippen molar-refractivity contribution in [1.29, 1.82) is 0 Å². The predicted octanol–water partition coefficient (Wildman–Crippen LogP) is -0.0563. The lowest BCUT2D eigenvalue weighted by molar-refractivity contribution is -0.212. The van der Waals surface area contributed by atoms with E-state index in [9.17, 15) is 9.90 Å². The average molecular weight is 210 g/mol. The molecule has 1 spiro atoms. The van der Waals surface area contributed by atoms with Gasteiger partial charge in [0.1, 0.15) is 0 Å². The third-order valence-corrected chi connectivity index (χ3v) is 5.21. The molecular formula is C11H14O4. The van der Waals surface area contributed by atoms with Gasteiger partial charge in [0.15, 0.2) is 0 Å². The molecule has 0 aromatic heterocycles. The minimum Gasteiger partial charge on any atom is -0.469 e. The summed E-state index contributed by atoms with van der Waals surface area (Å²) in [6.07, 6.45) is 2.02. The van der Waals surface area contributed by atoms with Crippen molar-refractivity contribution in [3.05, 3.63) is 0 Å². The number of epoxide rings is 1. The molecule has 3 saturated carbocycles. The molecule has 7 atom stereocenters. The number of esters is 1. The molecule has 0 amide bonds. The first-order valence-corrected chi connectivity index (χ1v) is 5.64. The van der Waals surface area contributed by atoms with Crippen molar-refractivity contribution in [3.8, 4) is 0 Å². The lowest BCUT2D eigenvalue weighted by Crippen LogP contribution is -2.72. The first-order chi connectivity index (χ1) is 7.22. The monoisotopic (exact) mass is 210 g/mol. The van der Waals surface area contributed by atoms with Crippen molar-refractivity contribution in [1.82, 2.24) is 0 Å². The second-order valence-electron chi connectivity index (χ2n) is 5.30. The first-order valence-electron chi connectivity index (χ1n) is 5.64. The van der Waals surface area contributed by atoms with Crippen LogP contribution in [0.25, 0.3) is 0 Å². The van der Waals surface area contributed by atoms with Gasteiger partial charge in [-0.05, 0) is 18.8 Å². The van der Waals surface area contributed by atoms with Crippen molar-refractivity contribution in [2.24, 2.45) is 23.2 Å². The number of carbonyl (C=O) groups is 1. The van der Waals surface area contributed by atoms with Crippen molar-refractivity contribution in [3.63, 3.8) is 0 Å². The molecule has 82 valence electrons. The van der Waals surface area contributed by atoms with E-state index in [0.717, 1.165) is 12.8 Å². The van der Waals surface area contributed by atoms with Gasteiger partial charge in [-0.2, -0.15) is 0 Å². The Morgan fingerprint density at radius 3 is 3.07 bits per heavy atom. The van der Waals surface area contributed by atoms with Crippen LogP contribution in [0.3, 0.4) is 0 Å². The lowest BCUT2D eigenvalue weighted by atomic mass is 9.38. The van der Waals surface area contributed by atoms with Crippen LogP contribution in [-0.4, -0.2) is 36.5 Å². The highest BCUT2D eigenvalue weighted by Crippen LogP contribution is 2.80. The maximum Gasteiger partial charge on any atom is 0.309 e. The molecule has 3 aliphatic carbocycles. The van der Waals surface area contributed by atoms with E-state index in [-0.39, 0.29) is 41.5 Å². The molecule has 4 fully saturated rings. The second kappa shape index (κ2) is 2.23. The van der Waals surface area contributed by atoms with Gasteiger partial charge in [-0.1, -0.05) is 0 Å². The fraction of sp³-hybridized carbons (Fsp3) is 0.909. The summed E-state index contributed by atoms with van der Waals surface area (Å²) in [5.74, 6) is 0.450. The Hall–Kier alpha value is -0.610. The first kappa shape index (κ1) is 8.53. The van der Waals surface area contributed by atoms with Crippen molar-refractivity contribution >= 4 is 5.97 Å². The van der Waals surface area contributed by atoms with E-state index in [2.05, 4.69) is 0 Å². The van der Waals surface area contributed by atoms with Crippen LogP contribution in [0, 0.1) is 23.2 Å². The number of hydrogen-bond acceptors (Lipinski definition) is 4. The predicted molar refractivity (Wildman–Crippen MR) is 48.8 cm³/mol. The molecule has 0 aromatic rings. The second-order valence-corrected chi connectivity index (χ2v) is 5.30. The van der Waals surface area contributed by atoms with Gasteiger partial charge in [0.05, 0.1) is 31.3 Å². The molecule has 0 radical (unpaired) electrons. The van der Waals surface area contributed by atoms with Gasteiger partial charge in [0, 0.05) is 11.3 Å². The molecule has 1 aliphatic heterocycles. The minimum absolute atomic E-state index is 0.00380. The quantitative estimate of drug-likeness (QED) is 0.486. The van der Waals surface area contributed by atoms with E-state index >= 15 is 0 Å². The summed E-state index contributed by atoms with van der Waals surface area (Å²) in [6.45, 7) is 0. The van der Waals surface area contributed by atoms with Crippen LogP contribution >= 0.6 is 0 Å². The summed E-state index contributed by atoms with van der Waals surface area (Å²) in [4.78, 5) is 11.6. The fourth-order valence-corrected chi connectivity index (χ4v) is 4.69. The molecule has 4 nitrogen and oxygen atoms in total. The van der Waals surface area contributed by atoms with Gasteiger partial charge < -0.3 is 14.6 Å². The number of methoxy groups -OCH3 is 1. The number of rotatable bonds is 1. The zero-order chi connectivity index (χ0) is 10.4. The van der Waals surface area contributed by atoms with E-state index in [1.54, 1.807) is 0 Å². The van der Waals surface area contributed by atoms with Crippen molar-refractivity contribution in [2.75, 3.05) is 7.11 Å². The van der Waals surface area contributed by atoms with Crippen LogP contribution in [0.1, 0.15) is 12.8 Å². The molecule has 1 saturated heterocycles. The van der Waals surface area contributed by atoms with E-state index in [1.165, 1.54) is 7.11 Å². The Morgan fingerprint density at radius 1 is 1.53 bits per heavy atom. The third kappa shape index (κ3) is 0.633. The molecule has 4 heteroatoms. The zero-order valence-corrected chi connectivity index (χ0v) is 8.55. The minimum atomic E-state index is -0.253. The van der Waals surface area contributed by atoms with Crippen LogP contribution in [0.15, 0.2) is 0 Å². The van der Waals surface area contributed by atoms with E-state index < -0.39 is 0 Å². The lowest BCUT2D eigenvalue weighted by Gasteiger charge is -2.62. The van der Waals surface area contributed by atoms with E-state index in [0.29, 0.717) is 5.92 Å². The average Bonchev–Trinajstić information content (AvgIpc) is 2.83.